The summed E-state index contributed by atoms with van der Waals surface area (Å²) in [6, 6.07) is 7.72. The number of benzene rings is 2. The summed E-state index contributed by atoms with van der Waals surface area (Å²) in [6.07, 6.45) is -4.68. The van der Waals surface area contributed by atoms with Crippen LogP contribution in [0, 0.1) is 0 Å². The van der Waals surface area contributed by atoms with Gasteiger partial charge in [-0.15, -0.1) is 0 Å². The Morgan fingerprint density at radius 1 is 0.955 bits per heavy atom. The molecule has 0 fully saturated rings. The minimum absolute atomic E-state index is 0.0198. The predicted molar refractivity (Wildman–Crippen MR) is 78.7 cm³/mol. The van der Waals surface area contributed by atoms with E-state index in [4.69, 9.17) is 23.2 Å². The summed E-state index contributed by atoms with van der Waals surface area (Å²) >= 11 is 11.4. The highest BCUT2D eigenvalue weighted by atomic mass is 35.5. The van der Waals surface area contributed by atoms with Crippen molar-refractivity contribution in [2.24, 2.45) is 0 Å². The van der Waals surface area contributed by atoms with Gasteiger partial charge < -0.3 is 0 Å². The van der Waals surface area contributed by atoms with Gasteiger partial charge in [0.2, 0.25) is 0 Å². The molecule has 0 radical (unpaired) electrons. The maximum Gasteiger partial charge on any atom is 0.418 e. The monoisotopic (exact) mass is 369 g/mol. The Bertz CT molecular complexity index is 807. The van der Waals surface area contributed by atoms with Gasteiger partial charge in [-0.25, -0.2) is 8.42 Å². The normalized spacial score (nSPS) is 12.2. The average Bonchev–Trinajstić information content (AvgIpc) is 2.40. The van der Waals surface area contributed by atoms with E-state index in [1.807, 2.05) is 4.72 Å². The summed E-state index contributed by atoms with van der Waals surface area (Å²) < 4.78 is 64.8. The first-order valence-corrected chi connectivity index (χ1v) is 7.99. The second-order valence-corrected chi connectivity index (χ2v) is 6.72. The standard InChI is InChI=1S/C13H8Cl2F3NO2S/c14-10-6-5-8(7-11(10)15)22(20,21)19-12-4-2-1-3-9(12)13(16,17)18/h1-7,19H. The van der Waals surface area contributed by atoms with E-state index in [9.17, 15) is 21.6 Å². The molecule has 2 aromatic carbocycles. The van der Waals surface area contributed by atoms with Crippen LogP contribution >= 0.6 is 23.2 Å². The molecule has 0 atom stereocenters. The van der Waals surface area contributed by atoms with Crippen LogP contribution in [0.2, 0.25) is 10.0 Å². The van der Waals surface area contributed by atoms with Crippen molar-refractivity contribution in [2.75, 3.05) is 4.72 Å². The van der Waals surface area contributed by atoms with Gasteiger partial charge in [-0.2, -0.15) is 13.2 Å². The van der Waals surface area contributed by atoms with Crippen LogP contribution < -0.4 is 4.72 Å². The van der Waals surface area contributed by atoms with Gasteiger partial charge in [0.15, 0.2) is 0 Å². The second-order valence-electron chi connectivity index (χ2n) is 4.22. The quantitative estimate of drug-likeness (QED) is 0.843. The number of para-hydroxylation sites is 1. The van der Waals surface area contributed by atoms with Crippen LogP contribution in [0.15, 0.2) is 47.4 Å². The van der Waals surface area contributed by atoms with Crippen LogP contribution in [0.5, 0.6) is 0 Å². The SMILES string of the molecule is O=S(=O)(Nc1ccccc1C(F)(F)F)c1ccc(Cl)c(Cl)c1. The molecule has 0 aliphatic heterocycles. The molecule has 0 aliphatic carbocycles. The van der Waals surface area contributed by atoms with Crippen molar-refractivity contribution in [3.63, 3.8) is 0 Å². The first kappa shape index (κ1) is 16.9. The summed E-state index contributed by atoms with van der Waals surface area (Å²) in [7, 11) is -4.23. The fourth-order valence-electron chi connectivity index (χ4n) is 1.67. The lowest BCUT2D eigenvalue weighted by molar-refractivity contribution is -0.136. The number of alkyl halides is 3. The van der Waals surface area contributed by atoms with E-state index in [-0.39, 0.29) is 14.9 Å². The molecule has 1 N–H and O–H groups in total. The third-order valence-corrected chi connectivity index (χ3v) is 4.78. The Kier molecular flexibility index (Phi) is 4.60. The van der Waals surface area contributed by atoms with Gasteiger partial charge >= 0.3 is 6.18 Å². The number of hydrogen-bond donors (Lipinski definition) is 1. The Morgan fingerprint density at radius 3 is 2.18 bits per heavy atom. The van der Waals surface area contributed by atoms with Crippen molar-refractivity contribution in [3.05, 3.63) is 58.1 Å². The summed E-state index contributed by atoms with van der Waals surface area (Å²) in [5.74, 6) is 0. The van der Waals surface area contributed by atoms with Gasteiger partial charge in [0, 0.05) is 0 Å². The molecular weight excluding hydrogens is 362 g/mol. The molecule has 0 aromatic heterocycles. The van der Waals surface area contributed by atoms with Crippen LogP contribution in [0.4, 0.5) is 18.9 Å². The van der Waals surface area contributed by atoms with Gasteiger partial charge in [0.05, 0.1) is 26.2 Å². The summed E-state index contributed by atoms with van der Waals surface area (Å²) in [5.41, 5.74) is -1.65. The molecule has 0 amide bonds. The third-order valence-electron chi connectivity index (χ3n) is 2.68. The minimum Gasteiger partial charge on any atom is -0.279 e. The van der Waals surface area contributed by atoms with Crippen LogP contribution in [0.25, 0.3) is 0 Å². The molecule has 22 heavy (non-hydrogen) atoms. The molecule has 0 bridgehead atoms. The van der Waals surface area contributed by atoms with E-state index < -0.39 is 27.5 Å². The zero-order chi connectivity index (χ0) is 16.5. The molecule has 2 aromatic rings. The lowest BCUT2D eigenvalue weighted by Crippen LogP contribution is -2.17. The molecule has 0 saturated carbocycles. The van der Waals surface area contributed by atoms with Crippen LogP contribution in [0.1, 0.15) is 5.56 Å². The lowest BCUT2D eigenvalue weighted by atomic mass is 10.2. The molecular formula is C13H8Cl2F3NO2S. The maximum atomic E-state index is 12.9. The molecule has 9 heteroatoms. The topological polar surface area (TPSA) is 46.2 Å². The summed E-state index contributed by atoms with van der Waals surface area (Å²) in [4.78, 5) is -0.293. The van der Waals surface area contributed by atoms with Crippen molar-refractivity contribution in [1.29, 1.82) is 0 Å². The van der Waals surface area contributed by atoms with Crippen LogP contribution in [-0.4, -0.2) is 8.42 Å². The molecule has 0 spiro atoms. The largest absolute Gasteiger partial charge is 0.418 e. The fraction of sp³-hybridized carbons (Fsp3) is 0.0769. The van der Waals surface area contributed by atoms with Crippen LogP contribution in [-0.2, 0) is 16.2 Å². The zero-order valence-electron chi connectivity index (χ0n) is 10.7. The van der Waals surface area contributed by atoms with E-state index in [0.29, 0.717) is 0 Å². The number of halogens is 5. The second kappa shape index (κ2) is 5.98. The lowest BCUT2D eigenvalue weighted by Gasteiger charge is -2.14. The molecule has 0 aliphatic rings. The van der Waals surface area contributed by atoms with Gasteiger partial charge in [0.25, 0.3) is 10.0 Å². The molecule has 0 saturated heterocycles. The average molecular weight is 370 g/mol. The van der Waals surface area contributed by atoms with Crippen molar-refractivity contribution < 1.29 is 21.6 Å². The number of anilines is 1. The number of sulfonamides is 1. The van der Waals surface area contributed by atoms with Gasteiger partial charge in [-0.05, 0) is 30.3 Å². The Balaban J connectivity index is 2.44. The molecule has 0 unspecified atom stereocenters. The van der Waals surface area contributed by atoms with E-state index in [2.05, 4.69) is 0 Å². The zero-order valence-corrected chi connectivity index (χ0v) is 13.0. The van der Waals surface area contributed by atoms with Crippen molar-refractivity contribution >= 4 is 38.9 Å². The van der Waals surface area contributed by atoms with Gasteiger partial charge in [0.1, 0.15) is 0 Å². The highest BCUT2D eigenvalue weighted by Gasteiger charge is 2.34. The fourth-order valence-corrected chi connectivity index (χ4v) is 3.14. The molecule has 0 heterocycles. The first-order valence-electron chi connectivity index (χ1n) is 5.75. The highest BCUT2D eigenvalue weighted by molar-refractivity contribution is 7.92. The maximum absolute atomic E-state index is 12.9. The Labute approximate surface area is 134 Å². The smallest absolute Gasteiger partial charge is 0.279 e. The number of rotatable bonds is 3. The van der Waals surface area contributed by atoms with Gasteiger partial charge in [-0.3, -0.25) is 4.72 Å². The molecule has 3 nitrogen and oxygen atoms in total. The highest BCUT2D eigenvalue weighted by Crippen LogP contribution is 2.35. The van der Waals surface area contributed by atoms with Crippen LogP contribution in [0.3, 0.4) is 0 Å². The minimum atomic E-state index is -4.68. The van der Waals surface area contributed by atoms with E-state index in [1.54, 1.807) is 0 Å². The van der Waals surface area contributed by atoms with E-state index >= 15 is 0 Å². The molecule has 2 rings (SSSR count). The molecule has 118 valence electrons. The Hall–Kier alpha value is -1.44. The van der Waals surface area contributed by atoms with Gasteiger partial charge in [-0.1, -0.05) is 35.3 Å². The predicted octanol–water partition coefficient (Wildman–Crippen LogP) is 4.81. The third kappa shape index (κ3) is 3.66. The van der Waals surface area contributed by atoms with Crippen molar-refractivity contribution in [2.45, 2.75) is 11.1 Å². The summed E-state index contributed by atoms with van der Waals surface area (Å²) in [5, 5.41) is 0.116. The van der Waals surface area contributed by atoms with Crippen molar-refractivity contribution in [1.82, 2.24) is 0 Å². The Morgan fingerprint density at radius 2 is 1.59 bits per heavy atom. The van der Waals surface area contributed by atoms with E-state index in [0.717, 1.165) is 24.3 Å². The number of hydrogen-bond acceptors (Lipinski definition) is 2. The van der Waals surface area contributed by atoms with Crippen molar-refractivity contribution in [3.8, 4) is 0 Å². The van der Waals surface area contributed by atoms with E-state index in [1.165, 1.54) is 18.2 Å². The summed E-state index contributed by atoms with van der Waals surface area (Å²) in [6.45, 7) is 0. The number of nitrogens with one attached hydrogen (secondary N) is 1. The first-order chi connectivity index (χ1) is 10.1.